The molecule has 0 saturated carbocycles. The molecule has 2 aromatic heterocycles. The number of hydrogen-bond acceptors (Lipinski definition) is 3. The number of halogens is 2. The molecule has 0 N–H and O–H groups in total. The zero-order valence-corrected chi connectivity index (χ0v) is 13.4. The molecule has 102 valence electrons. The molecule has 0 spiro atoms. The number of aromatic nitrogens is 2. The van der Waals surface area contributed by atoms with Crippen molar-refractivity contribution in [2.24, 2.45) is 0 Å². The van der Waals surface area contributed by atoms with E-state index in [4.69, 9.17) is 11.6 Å². The molecule has 3 nitrogen and oxygen atoms in total. The van der Waals surface area contributed by atoms with Gasteiger partial charge in [-0.2, -0.15) is 0 Å². The number of pyridine rings is 2. The molecule has 0 unspecified atom stereocenters. The molecule has 2 heterocycles. The largest absolute Gasteiger partial charge is 0.367 e. The van der Waals surface area contributed by atoms with Crippen LogP contribution in [0.3, 0.4) is 0 Å². The average molecular weight is 343 g/mol. The number of rotatable bonds is 5. The molecule has 19 heavy (non-hydrogen) atoms. The first-order chi connectivity index (χ1) is 9.13. The van der Waals surface area contributed by atoms with Gasteiger partial charge >= 0.3 is 0 Å². The van der Waals surface area contributed by atoms with Gasteiger partial charge in [0.2, 0.25) is 0 Å². The summed E-state index contributed by atoms with van der Waals surface area (Å²) in [6, 6.07) is 4.42. The molecule has 0 aliphatic rings. The molecule has 0 bridgehead atoms. The summed E-state index contributed by atoms with van der Waals surface area (Å²) in [4.78, 5) is 11.2. The summed E-state index contributed by atoms with van der Waals surface area (Å²) in [5.41, 5.74) is 2.97. The first-order valence-electron chi connectivity index (χ1n) is 6.36. The van der Waals surface area contributed by atoms with Crippen LogP contribution < -0.4 is 4.90 Å². The lowest BCUT2D eigenvalue weighted by molar-refractivity contribution is 0.674. The Morgan fingerprint density at radius 1 is 1.37 bits per heavy atom. The van der Waals surface area contributed by atoms with E-state index in [0.717, 1.165) is 34.2 Å². The third kappa shape index (κ3) is 3.37. The maximum atomic E-state index is 5.82. The van der Waals surface area contributed by atoms with Crippen molar-refractivity contribution in [2.45, 2.75) is 26.3 Å². The summed E-state index contributed by atoms with van der Waals surface area (Å²) in [6.45, 7) is 5.29. The van der Waals surface area contributed by atoms with Crippen molar-refractivity contribution in [3.05, 3.63) is 29.0 Å². The number of hydrogen-bond donors (Lipinski definition) is 0. The van der Waals surface area contributed by atoms with Crippen LogP contribution in [0.5, 0.6) is 0 Å². The predicted octanol–water partition coefficient (Wildman–Crippen LogP) is 4.24. The normalized spacial score (nSPS) is 11.2. The van der Waals surface area contributed by atoms with Crippen LogP contribution >= 0.6 is 27.5 Å². The van der Waals surface area contributed by atoms with Gasteiger partial charge < -0.3 is 4.90 Å². The second-order valence-corrected chi connectivity index (χ2v) is 5.97. The fourth-order valence-electron chi connectivity index (χ4n) is 2.11. The third-order valence-corrected chi connectivity index (χ3v) is 3.69. The van der Waals surface area contributed by atoms with Gasteiger partial charge in [0.05, 0.1) is 11.2 Å². The van der Waals surface area contributed by atoms with Crippen LogP contribution in [0.4, 0.5) is 5.69 Å². The van der Waals surface area contributed by atoms with E-state index in [2.05, 4.69) is 44.6 Å². The van der Waals surface area contributed by atoms with Gasteiger partial charge in [0, 0.05) is 35.3 Å². The highest BCUT2D eigenvalue weighted by atomic mass is 79.9. The van der Waals surface area contributed by atoms with Crippen molar-refractivity contribution < 1.29 is 0 Å². The van der Waals surface area contributed by atoms with E-state index in [9.17, 15) is 0 Å². The highest BCUT2D eigenvalue weighted by Gasteiger charge is 2.14. The van der Waals surface area contributed by atoms with Crippen molar-refractivity contribution in [1.82, 2.24) is 9.97 Å². The summed E-state index contributed by atoms with van der Waals surface area (Å²) < 4.78 is 0.946. The van der Waals surface area contributed by atoms with E-state index < -0.39 is 0 Å². The summed E-state index contributed by atoms with van der Waals surface area (Å²) in [6.07, 6.45) is 4.61. The Labute approximate surface area is 127 Å². The van der Waals surface area contributed by atoms with Crippen molar-refractivity contribution in [2.75, 3.05) is 17.3 Å². The fourth-order valence-corrected chi connectivity index (χ4v) is 2.55. The maximum Gasteiger partial charge on any atom is 0.112 e. The summed E-state index contributed by atoms with van der Waals surface area (Å²) >= 11 is 9.25. The van der Waals surface area contributed by atoms with Gasteiger partial charge in [-0.05, 0) is 48.3 Å². The maximum absolute atomic E-state index is 5.82. The van der Waals surface area contributed by atoms with Crippen LogP contribution in [0.2, 0.25) is 0 Å². The van der Waals surface area contributed by atoms with Crippen molar-refractivity contribution in [3.63, 3.8) is 0 Å². The lowest BCUT2D eigenvalue weighted by atomic mass is 10.2. The second kappa shape index (κ2) is 6.53. The molecule has 0 aromatic carbocycles. The van der Waals surface area contributed by atoms with E-state index in [1.54, 1.807) is 0 Å². The van der Waals surface area contributed by atoms with Gasteiger partial charge in [0.25, 0.3) is 0 Å². The Balaban J connectivity index is 2.47. The lowest BCUT2D eigenvalue weighted by Gasteiger charge is -2.29. The number of anilines is 1. The number of fused-ring (bicyclic) bond motifs is 1. The molecular formula is C14H17BrClN3. The molecule has 0 amide bonds. The smallest absolute Gasteiger partial charge is 0.112 e. The third-order valence-electron chi connectivity index (χ3n) is 2.99. The van der Waals surface area contributed by atoms with Gasteiger partial charge in [-0.25, -0.2) is 0 Å². The standard InChI is InChI=1S/C14H17BrClN3/c1-10(2)19(7-3-5-16)13-4-6-17-12-8-11(15)9-18-14(12)13/h4,6,8-10H,3,5,7H2,1-2H3. The van der Waals surface area contributed by atoms with Crippen LogP contribution in [-0.2, 0) is 0 Å². The molecule has 2 rings (SSSR count). The summed E-state index contributed by atoms with van der Waals surface area (Å²) in [5, 5.41) is 0. The minimum absolute atomic E-state index is 0.402. The molecule has 0 radical (unpaired) electrons. The Kier molecular flexibility index (Phi) is 4.99. The zero-order valence-electron chi connectivity index (χ0n) is 11.1. The molecule has 0 fully saturated rings. The van der Waals surface area contributed by atoms with Crippen LogP contribution in [0, 0.1) is 0 Å². The lowest BCUT2D eigenvalue weighted by Crippen LogP contribution is -2.32. The van der Waals surface area contributed by atoms with E-state index in [-0.39, 0.29) is 0 Å². The van der Waals surface area contributed by atoms with Crippen LogP contribution in [0.15, 0.2) is 29.0 Å². The second-order valence-electron chi connectivity index (χ2n) is 4.68. The van der Waals surface area contributed by atoms with Crippen molar-refractivity contribution in [1.29, 1.82) is 0 Å². The fraction of sp³-hybridized carbons (Fsp3) is 0.429. The predicted molar refractivity (Wildman–Crippen MR) is 85.1 cm³/mol. The Hall–Kier alpha value is -0.870. The van der Waals surface area contributed by atoms with Gasteiger partial charge in [-0.15, -0.1) is 11.6 Å². The first kappa shape index (κ1) is 14.5. The molecule has 5 heteroatoms. The van der Waals surface area contributed by atoms with E-state index >= 15 is 0 Å². The van der Waals surface area contributed by atoms with E-state index in [0.29, 0.717) is 11.9 Å². The number of nitrogens with zero attached hydrogens (tertiary/aromatic N) is 3. The van der Waals surface area contributed by atoms with Crippen LogP contribution in [0.1, 0.15) is 20.3 Å². The monoisotopic (exact) mass is 341 g/mol. The summed E-state index contributed by atoms with van der Waals surface area (Å²) in [7, 11) is 0. The molecule has 0 aliphatic heterocycles. The van der Waals surface area contributed by atoms with E-state index in [1.165, 1.54) is 0 Å². The minimum Gasteiger partial charge on any atom is -0.367 e. The van der Waals surface area contributed by atoms with E-state index in [1.807, 2.05) is 24.5 Å². The zero-order chi connectivity index (χ0) is 13.8. The topological polar surface area (TPSA) is 29.0 Å². The van der Waals surface area contributed by atoms with Gasteiger partial charge in [-0.1, -0.05) is 0 Å². The Morgan fingerprint density at radius 3 is 2.84 bits per heavy atom. The SMILES string of the molecule is CC(C)N(CCCCl)c1ccnc2cc(Br)cnc12. The quantitative estimate of drug-likeness (QED) is 0.761. The average Bonchev–Trinajstić information content (AvgIpc) is 2.38. The summed E-state index contributed by atoms with van der Waals surface area (Å²) in [5.74, 6) is 0.672. The number of alkyl halides is 1. The van der Waals surface area contributed by atoms with Gasteiger partial charge in [-0.3, -0.25) is 9.97 Å². The molecule has 0 aliphatic carbocycles. The van der Waals surface area contributed by atoms with Gasteiger partial charge in [0.15, 0.2) is 0 Å². The van der Waals surface area contributed by atoms with Crippen molar-refractivity contribution >= 4 is 44.3 Å². The Morgan fingerprint density at radius 2 is 2.16 bits per heavy atom. The van der Waals surface area contributed by atoms with Crippen molar-refractivity contribution in [3.8, 4) is 0 Å². The minimum atomic E-state index is 0.402. The highest BCUT2D eigenvalue weighted by Crippen LogP contribution is 2.26. The molecule has 2 aromatic rings. The Bertz CT molecular complexity index is 559. The first-order valence-corrected chi connectivity index (χ1v) is 7.69. The van der Waals surface area contributed by atoms with Crippen LogP contribution in [0.25, 0.3) is 11.0 Å². The van der Waals surface area contributed by atoms with Gasteiger partial charge in [0.1, 0.15) is 5.52 Å². The molecule has 0 saturated heterocycles. The molecule has 0 atom stereocenters. The highest BCUT2D eigenvalue weighted by molar-refractivity contribution is 9.10. The van der Waals surface area contributed by atoms with Crippen LogP contribution in [-0.4, -0.2) is 28.4 Å². The molecular weight excluding hydrogens is 326 g/mol.